The average molecular weight is 374 g/mol. The number of carbonyl (C=O) groups excluding carboxylic acids is 1. The number of aromatic nitrogens is 3. The van der Waals surface area contributed by atoms with Gasteiger partial charge in [0.25, 0.3) is 5.91 Å². The molecule has 4 aromatic rings. The first-order valence-corrected chi connectivity index (χ1v) is 9.09. The summed E-state index contributed by atoms with van der Waals surface area (Å²) in [6, 6.07) is 21.8. The van der Waals surface area contributed by atoms with Gasteiger partial charge in [0.05, 0.1) is 12.1 Å². The smallest absolute Gasteiger partial charge is 0.251 e. The number of hydrogen-bond acceptors (Lipinski definition) is 3. The highest BCUT2D eigenvalue weighted by molar-refractivity contribution is 5.94. The molecular weight excluding hydrogens is 355 g/mol. The Morgan fingerprint density at radius 3 is 2.54 bits per heavy atom. The molecule has 0 unspecified atom stereocenters. The van der Waals surface area contributed by atoms with Crippen LogP contribution in [-0.4, -0.2) is 27.4 Å². The van der Waals surface area contributed by atoms with Gasteiger partial charge in [-0.3, -0.25) is 4.79 Å². The van der Waals surface area contributed by atoms with Gasteiger partial charge < -0.3 is 5.32 Å². The molecule has 0 aliphatic heterocycles. The number of rotatable bonds is 6. The highest BCUT2D eigenvalue weighted by atomic mass is 19.1. The molecule has 6 heteroatoms. The van der Waals surface area contributed by atoms with Crippen molar-refractivity contribution in [3.8, 4) is 0 Å². The lowest BCUT2D eigenvalue weighted by Crippen LogP contribution is -2.25. The van der Waals surface area contributed by atoms with Gasteiger partial charge in [-0.05, 0) is 47.9 Å². The molecule has 0 aliphatic rings. The van der Waals surface area contributed by atoms with Crippen molar-refractivity contribution >= 4 is 16.9 Å². The second-order valence-electron chi connectivity index (χ2n) is 6.53. The molecule has 0 fully saturated rings. The lowest BCUT2D eigenvalue weighted by atomic mass is 10.1. The predicted molar refractivity (Wildman–Crippen MR) is 106 cm³/mol. The van der Waals surface area contributed by atoms with E-state index in [-0.39, 0.29) is 11.7 Å². The minimum atomic E-state index is -0.248. The molecule has 3 aromatic carbocycles. The van der Waals surface area contributed by atoms with Gasteiger partial charge in [0, 0.05) is 12.1 Å². The van der Waals surface area contributed by atoms with E-state index in [4.69, 9.17) is 0 Å². The Morgan fingerprint density at radius 1 is 0.964 bits per heavy atom. The quantitative estimate of drug-likeness (QED) is 0.561. The number of hydrogen-bond donors (Lipinski definition) is 1. The highest BCUT2D eigenvalue weighted by Crippen LogP contribution is 2.13. The Balaban J connectivity index is 1.36. The molecule has 4 rings (SSSR count). The van der Waals surface area contributed by atoms with Crippen molar-refractivity contribution < 1.29 is 9.18 Å². The largest absolute Gasteiger partial charge is 0.352 e. The van der Waals surface area contributed by atoms with Crippen LogP contribution in [0, 0.1) is 5.82 Å². The van der Waals surface area contributed by atoms with Crippen molar-refractivity contribution in [2.24, 2.45) is 0 Å². The van der Waals surface area contributed by atoms with Crippen LogP contribution in [-0.2, 0) is 13.0 Å². The molecule has 28 heavy (non-hydrogen) atoms. The molecule has 1 amide bonds. The molecule has 0 saturated carbocycles. The third-order valence-corrected chi connectivity index (χ3v) is 4.61. The van der Waals surface area contributed by atoms with E-state index in [1.54, 1.807) is 30.3 Å². The van der Waals surface area contributed by atoms with E-state index in [1.165, 1.54) is 6.07 Å². The fourth-order valence-electron chi connectivity index (χ4n) is 3.08. The molecule has 5 nitrogen and oxygen atoms in total. The van der Waals surface area contributed by atoms with Gasteiger partial charge in [0.1, 0.15) is 11.3 Å². The lowest BCUT2D eigenvalue weighted by molar-refractivity contribution is 0.0954. The molecule has 140 valence electrons. The molecule has 0 radical (unpaired) electrons. The number of nitrogens with zero attached hydrogens (tertiary/aromatic N) is 3. The van der Waals surface area contributed by atoms with Crippen molar-refractivity contribution in [2.75, 3.05) is 6.54 Å². The third kappa shape index (κ3) is 3.91. The molecule has 1 heterocycles. The zero-order valence-corrected chi connectivity index (χ0v) is 15.2. The maximum absolute atomic E-state index is 13.6. The summed E-state index contributed by atoms with van der Waals surface area (Å²) >= 11 is 0. The van der Waals surface area contributed by atoms with Crippen molar-refractivity contribution in [1.82, 2.24) is 20.3 Å². The van der Waals surface area contributed by atoms with Crippen molar-refractivity contribution in [3.05, 3.63) is 95.3 Å². The van der Waals surface area contributed by atoms with Gasteiger partial charge in [-0.2, -0.15) is 0 Å². The monoisotopic (exact) mass is 374 g/mol. The highest BCUT2D eigenvalue weighted by Gasteiger charge is 2.08. The number of fused-ring (bicyclic) bond motifs is 1. The third-order valence-electron chi connectivity index (χ3n) is 4.61. The first-order chi connectivity index (χ1) is 13.7. The number of para-hydroxylation sites is 1. The molecule has 0 bridgehead atoms. The van der Waals surface area contributed by atoms with Crippen LogP contribution in [0.25, 0.3) is 11.0 Å². The van der Waals surface area contributed by atoms with Crippen LogP contribution in [0.1, 0.15) is 21.5 Å². The van der Waals surface area contributed by atoms with Crippen LogP contribution in [0.5, 0.6) is 0 Å². The fourth-order valence-corrected chi connectivity index (χ4v) is 3.08. The second-order valence-corrected chi connectivity index (χ2v) is 6.53. The summed E-state index contributed by atoms with van der Waals surface area (Å²) < 4.78 is 15.4. The van der Waals surface area contributed by atoms with Crippen LogP contribution in [0.2, 0.25) is 0 Å². The first kappa shape index (κ1) is 17.9. The molecule has 0 saturated heterocycles. The maximum atomic E-state index is 13.6. The summed E-state index contributed by atoms with van der Waals surface area (Å²) in [6.45, 7) is 0.960. The van der Waals surface area contributed by atoms with Gasteiger partial charge in [0.15, 0.2) is 0 Å². The number of nitrogens with one attached hydrogen (secondary N) is 1. The predicted octanol–water partition coefficient (Wildman–Crippen LogP) is 3.59. The van der Waals surface area contributed by atoms with Gasteiger partial charge >= 0.3 is 0 Å². The summed E-state index contributed by atoms with van der Waals surface area (Å²) in [7, 11) is 0. The SMILES string of the molecule is O=C(NCCc1ccccc1F)c1ccc(Cn2nnc3ccccc32)cc1. The Bertz CT molecular complexity index is 1100. The molecular formula is C22H19FN4O. The van der Waals surface area contributed by atoms with Crippen LogP contribution >= 0.6 is 0 Å². The minimum Gasteiger partial charge on any atom is -0.352 e. The number of amides is 1. The Labute approximate surface area is 161 Å². The number of halogens is 1. The summed E-state index contributed by atoms with van der Waals surface area (Å²) in [5.41, 5.74) is 4.02. The molecule has 0 aliphatic carbocycles. The standard InChI is InChI=1S/C22H19FN4O/c23-19-6-2-1-5-17(19)13-14-24-22(28)18-11-9-16(10-12-18)15-27-21-8-4-3-7-20(21)25-26-27/h1-12H,13-15H2,(H,24,28). The summed E-state index contributed by atoms with van der Waals surface area (Å²) in [5.74, 6) is -0.421. The molecule has 0 spiro atoms. The summed E-state index contributed by atoms with van der Waals surface area (Å²) in [6.07, 6.45) is 0.454. The zero-order valence-electron chi connectivity index (χ0n) is 15.2. The summed E-state index contributed by atoms with van der Waals surface area (Å²) in [4.78, 5) is 12.3. The van der Waals surface area contributed by atoms with Gasteiger partial charge in [-0.15, -0.1) is 5.10 Å². The lowest BCUT2D eigenvalue weighted by Gasteiger charge is -2.07. The maximum Gasteiger partial charge on any atom is 0.251 e. The van der Waals surface area contributed by atoms with Crippen LogP contribution in [0.15, 0.2) is 72.8 Å². The first-order valence-electron chi connectivity index (χ1n) is 9.09. The second kappa shape index (κ2) is 8.00. The Hall–Kier alpha value is -3.54. The van der Waals surface area contributed by atoms with E-state index < -0.39 is 0 Å². The molecule has 0 atom stereocenters. The molecule has 1 N–H and O–H groups in total. The van der Waals surface area contributed by atoms with Crippen LogP contribution in [0.4, 0.5) is 4.39 Å². The van der Waals surface area contributed by atoms with E-state index in [9.17, 15) is 9.18 Å². The van der Waals surface area contributed by atoms with E-state index >= 15 is 0 Å². The summed E-state index contributed by atoms with van der Waals surface area (Å²) in [5, 5.41) is 11.2. The Kier molecular flexibility index (Phi) is 5.10. The van der Waals surface area contributed by atoms with Crippen molar-refractivity contribution in [1.29, 1.82) is 0 Å². The van der Waals surface area contributed by atoms with E-state index in [1.807, 2.05) is 41.1 Å². The average Bonchev–Trinajstić information content (AvgIpc) is 3.13. The van der Waals surface area contributed by atoms with Crippen LogP contribution < -0.4 is 5.32 Å². The number of benzene rings is 3. The van der Waals surface area contributed by atoms with Crippen LogP contribution in [0.3, 0.4) is 0 Å². The van der Waals surface area contributed by atoms with Gasteiger partial charge in [-0.1, -0.05) is 47.7 Å². The van der Waals surface area contributed by atoms with Gasteiger partial charge in [-0.25, -0.2) is 9.07 Å². The van der Waals surface area contributed by atoms with E-state index in [0.29, 0.717) is 30.6 Å². The molecule has 1 aromatic heterocycles. The van der Waals surface area contributed by atoms with E-state index in [2.05, 4.69) is 15.6 Å². The fraction of sp³-hybridized carbons (Fsp3) is 0.136. The normalized spacial score (nSPS) is 10.9. The topological polar surface area (TPSA) is 59.8 Å². The van der Waals surface area contributed by atoms with Crippen molar-refractivity contribution in [3.63, 3.8) is 0 Å². The zero-order chi connectivity index (χ0) is 19.3. The van der Waals surface area contributed by atoms with E-state index in [0.717, 1.165) is 16.6 Å². The number of carbonyl (C=O) groups is 1. The minimum absolute atomic E-state index is 0.172. The Morgan fingerprint density at radius 2 is 1.71 bits per heavy atom. The van der Waals surface area contributed by atoms with Gasteiger partial charge in [0.2, 0.25) is 0 Å². The van der Waals surface area contributed by atoms with Crippen molar-refractivity contribution in [2.45, 2.75) is 13.0 Å².